The van der Waals surface area contributed by atoms with Crippen LogP contribution < -0.4 is 5.32 Å². The lowest BCUT2D eigenvalue weighted by atomic mass is 10.1. The second kappa shape index (κ2) is 6.55. The van der Waals surface area contributed by atoms with E-state index in [1.54, 1.807) is 43.5 Å². The predicted octanol–water partition coefficient (Wildman–Crippen LogP) is 4.59. The van der Waals surface area contributed by atoms with Crippen molar-refractivity contribution in [1.82, 2.24) is 4.98 Å². The quantitative estimate of drug-likeness (QED) is 0.663. The molecule has 0 saturated heterocycles. The van der Waals surface area contributed by atoms with E-state index in [-0.39, 0.29) is 5.78 Å². The first-order valence-electron chi connectivity index (χ1n) is 5.91. The van der Waals surface area contributed by atoms with Gasteiger partial charge in [0.25, 0.3) is 0 Å². The summed E-state index contributed by atoms with van der Waals surface area (Å²) in [5.41, 5.74) is 1.86. The number of anilines is 1. The first kappa shape index (κ1) is 14.6. The monoisotopic (exact) mass is 306 g/mol. The molecule has 0 aliphatic carbocycles. The molecule has 0 unspecified atom stereocenters. The van der Waals surface area contributed by atoms with Crippen LogP contribution in [0.25, 0.3) is 0 Å². The average molecular weight is 307 g/mol. The van der Waals surface area contributed by atoms with Crippen molar-refractivity contribution in [2.75, 3.05) is 5.32 Å². The fourth-order valence-corrected chi connectivity index (χ4v) is 1.99. The smallest absolute Gasteiger partial charge is 0.189 e. The Bertz CT molecular complexity index is 654. The van der Waals surface area contributed by atoms with Crippen LogP contribution in [0, 0.1) is 0 Å². The molecule has 2 rings (SSSR count). The van der Waals surface area contributed by atoms with Gasteiger partial charge in [-0.05, 0) is 31.2 Å². The maximum atomic E-state index is 12.0. The second-order valence-electron chi connectivity index (χ2n) is 4.16. The summed E-state index contributed by atoms with van der Waals surface area (Å²) in [4.78, 5) is 15.9. The van der Waals surface area contributed by atoms with Crippen molar-refractivity contribution in [3.8, 4) is 0 Å². The lowest BCUT2D eigenvalue weighted by Gasteiger charge is -2.09. The summed E-state index contributed by atoms with van der Waals surface area (Å²) >= 11 is 12.0. The van der Waals surface area contributed by atoms with E-state index in [1.807, 2.05) is 0 Å². The van der Waals surface area contributed by atoms with Crippen molar-refractivity contribution < 1.29 is 4.79 Å². The van der Waals surface area contributed by atoms with Crippen molar-refractivity contribution in [2.24, 2.45) is 0 Å². The van der Waals surface area contributed by atoms with Crippen LogP contribution in [0.3, 0.4) is 0 Å². The SMILES string of the molecule is C/C(=C\C(=O)c1cccnc1)Nc1cccc(Cl)c1Cl. The van der Waals surface area contributed by atoms with Gasteiger partial charge in [0.15, 0.2) is 5.78 Å². The third-order valence-electron chi connectivity index (χ3n) is 2.58. The Kier molecular flexibility index (Phi) is 4.77. The van der Waals surface area contributed by atoms with Gasteiger partial charge in [0.1, 0.15) is 0 Å². The molecule has 102 valence electrons. The van der Waals surface area contributed by atoms with E-state index in [4.69, 9.17) is 23.2 Å². The summed E-state index contributed by atoms with van der Waals surface area (Å²) in [5, 5.41) is 3.94. The van der Waals surface area contributed by atoms with E-state index in [0.717, 1.165) is 0 Å². The molecular formula is C15H12Cl2N2O. The zero-order valence-corrected chi connectivity index (χ0v) is 12.2. The number of rotatable bonds is 4. The minimum Gasteiger partial charge on any atom is -0.358 e. The number of hydrogen-bond donors (Lipinski definition) is 1. The predicted molar refractivity (Wildman–Crippen MR) is 82.4 cm³/mol. The third-order valence-corrected chi connectivity index (χ3v) is 3.40. The summed E-state index contributed by atoms with van der Waals surface area (Å²) in [5.74, 6) is -0.124. The van der Waals surface area contributed by atoms with Gasteiger partial charge in [0.2, 0.25) is 0 Å². The van der Waals surface area contributed by atoms with Gasteiger partial charge < -0.3 is 5.32 Å². The van der Waals surface area contributed by atoms with E-state index in [9.17, 15) is 4.79 Å². The number of carbonyl (C=O) groups is 1. The lowest BCUT2D eigenvalue weighted by Crippen LogP contribution is -2.02. The number of pyridine rings is 1. The van der Waals surface area contributed by atoms with Gasteiger partial charge >= 0.3 is 0 Å². The highest BCUT2D eigenvalue weighted by Gasteiger charge is 2.06. The standard InChI is InChI=1S/C15H12Cl2N2O/c1-10(8-14(20)11-4-3-7-18-9-11)19-13-6-2-5-12(16)15(13)17/h2-9,19H,1H3/b10-8+. The summed E-state index contributed by atoms with van der Waals surface area (Å²) in [6.45, 7) is 1.78. The fraction of sp³-hybridized carbons (Fsp3) is 0.0667. The Labute approximate surface area is 127 Å². The van der Waals surface area contributed by atoms with Crippen molar-refractivity contribution in [3.05, 3.63) is 70.1 Å². The number of benzene rings is 1. The number of aromatic nitrogens is 1. The van der Waals surface area contributed by atoms with Crippen molar-refractivity contribution in [2.45, 2.75) is 6.92 Å². The first-order valence-corrected chi connectivity index (χ1v) is 6.67. The highest BCUT2D eigenvalue weighted by Crippen LogP contribution is 2.30. The Morgan fingerprint density at radius 3 is 2.75 bits per heavy atom. The molecule has 3 nitrogen and oxygen atoms in total. The molecule has 1 aromatic carbocycles. The summed E-state index contributed by atoms with van der Waals surface area (Å²) < 4.78 is 0. The van der Waals surface area contributed by atoms with Crippen LogP contribution in [-0.2, 0) is 0 Å². The lowest BCUT2D eigenvalue weighted by molar-refractivity contribution is 0.104. The third kappa shape index (κ3) is 3.59. The molecule has 0 amide bonds. The molecular weight excluding hydrogens is 295 g/mol. The average Bonchev–Trinajstić information content (AvgIpc) is 2.45. The van der Waals surface area contributed by atoms with E-state index >= 15 is 0 Å². The van der Waals surface area contributed by atoms with Crippen molar-refractivity contribution in [1.29, 1.82) is 0 Å². The number of nitrogens with one attached hydrogen (secondary N) is 1. The molecule has 1 aromatic heterocycles. The van der Waals surface area contributed by atoms with Crippen LogP contribution in [0.1, 0.15) is 17.3 Å². The summed E-state index contributed by atoms with van der Waals surface area (Å²) in [6, 6.07) is 8.71. The molecule has 0 aliphatic rings. The van der Waals surface area contributed by atoms with Crippen molar-refractivity contribution in [3.63, 3.8) is 0 Å². The molecule has 0 fully saturated rings. The molecule has 0 radical (unpaired) electrons. The van der Waals surface area contributed by atoms with Crippen LogP contribution in [0.5, 0.6) is 0 Å². The maximum absolute atomic E-state index is 12.0. The topological polar surface area (TPSA) is 42.0 Å². The van der Waals surface area contributed by atoms with Gasteiger partial charge in [-0.3, -0.25) is 9.78 Å². The van der Waals surface area contributed by atoms with Gasteiger partial charge in [0.05, 0.1) is 15.7 Å². The molecule has 0 aliphatic heterocycles. The normalized spacial score (nSPS) is 11.2. The molecule has 5 heteroatoms. The van der Waals surface area contributed by atoms with Crippen LogP contribution in [-0.4, -0.2) is 10.8 Å². The van der Waals surface area contributed by atoms with E-state index in [0.29, 0.717) is 27.0 Å². The summed E-state index contributed by atoms with van der Waals surface area (Å²) in [7, 11) is 0. The number of ketones is 1. The zero-order chi connectivity index (χ0) is 14.5. The van der Waals surface area contributed by atoms with Crippen molar-refractivity contribution >= 4 is 34.7 Å². The largest absolute Gasteiger partial charge is 0.358 e. The highest BCUT2D eigenvalue weighted by atomic mass is 35.5. The highest BCUT2D eigenvalue weighted by molar-refractivity contribution is 6.43. The Hall–Kier alpha value is -1.84. The maximum Gasteiger partial charge on any atom is 0.189 e. The number of nitrogens with zero attached hydrogens (tertiary/aromatic N) is 1. The van der Waals surface area contributed by atoms with Gasteiger partial charge in [-0.25, -0.2) is 0 Å². The molecule has 2 aromatic rings. The Morgan fingerprint density at radius 2 is 2.05 bits per heavy atom. The molecule has 20 heavy (non-hydrogen) atoms. The van der Waals surface area contributed by atoms with E-state index in [2.05, 4.69) is 10.3 Å². The number of hydrogen-bond acceptors (Lipinski definition) is 3. The minimum atomic E-state index is -0.124. The van der Waals surface area contributed by atoms with Crippen LogP contribution in [0.15, 0.2) is 54.5 Å². The van der Waals surface area contributed by atoms with E-state index in [1.165, 1.54) is 12.3 Å². The van der Waals surface area contributed by atoms with E-state index < -0.39 is 0 Å². The minimum absolute atomic E-state index is 0.124. The Balaban J connectivity index is 2.16. The number of allylic oxidation sites excluding steroid dienone is 2. The van der Waals surface area contributed by atoms with Crippen LogP contribution in [0.2, 0.25) is 10.0 Å². The van der Waals surface area contributed by atoms with Gasteiger partial charge in [-0.15, -0.1) is 0 Å². The fourth-order valence-electron chi connectivity index (χ4n) is 1.64. The molecule has 1 N–H and O–H groups in total. The van der Waals surface area contributed by atoms with Gasteiger partial charge in [0, 0.05) is 29.7 Å². The zero-order valence-electron chi connectivity index (χ0n) is 10.7. The second-order valence-corrected chi connectivity index (χ2v) is 4.94. The van der Waals surface area contributed by atoms with Gasteiger partial charge in [-0.2, -0.15) is 0 Å². The number of halogens is 2. The first-order chi connectivity index (χ1) is 9.58. The number of carbonyl (C=O) groups excluding carboxylic acids is 1. The molecule has 0 saturated carbocycles. The van der Waals surface area contributed by atoms with Crippen LogP contribution >= 0.6 is 23.2 Å². The van der Waals surface area contributed by atoms with Gasteiger partial charge in [-0.1, -0.05) is 29.3 Å². The Morgan fingerprint density at radius 1 is 1.25 bits per heavy atom. The van der Waals surface area contributed by atoms with Crippen LogP contribution in [0.4, 0.5) is 5.69 Å². The molecule has 1 heterocycles. The molecule has 0 bridgehead atoms. The molecule has 0 atom stereocenters. The summed E-state index contributed by atoms with van der Waals surface area (Å²) in [6.07, 6.45) is 4.64. The molecule has 0 spiro atoms.